The van der Waals surface area contributed by atoms with E-state index in [0.29, 0.717) is 12.6 Å². The van der Waals surface area contributed by atoms with E-state index in [0.717, 1.165) is 0 Å². The number of aromatic nitrogens is 1. The molecule has 0 N–H and O–H groups in total. The minimum Gasteiger partial charge on any atom is -0.248 e. The molecule has 0 unspecified atom stereocenters. The van der Waals surface area contributed by atoms with E-state index in [1.165, 1.54) is 6.20 Å². The molecule has 1 nitrogen and oxygen atoms in total. The normalized spacial score (nSPS) is 10.8. The molecule has 0 aliphatic carbocycles. The number of hydrogen-bond acceptors (Lipinski definition) is 1. The SMILES string of the molecule is FC(F)c1cnc(Br)c(Br)c1I. The fraction of sp³-hybridized carbons (Fsp3) is 0.167. The van der Waals surface area contributed by atoms with Gasteiger partial charge in [-0.1, -0.05) is 0 Å². The van der Waals surface area contributed by atoms with Crippen LogP contribution < -0.4 is 0 Å². The minimum absolute atomic E-state index is 0.0503. The molecule has 0 atom stereocenters. The molecule has 1 aromatic rings. The maximum Gasteiger partial charge on any atom is 0.266 e. The average molecular weight is 413 g/mol. The Balaban J connectivity index is 3.27. The zero-order valence-corrected chi connectivity index (χ0v) is 10.8. The summed E-state index contributed by atoms with van der Waals surface area (Å²) in [5.74, 6) is 0. The van der Waals surface area contributed by atoms with E-state index in [9.17, 15) is 8.78 Å². The van der Waals surface area contributed by atoms with E-state index in [1.54, 1.807) is 0 Å². The molecule has 0 bridgehead atoms. The molecule has 0 aliphatic heterocycles. The fourth-order valence-corrected chi connectivity index (χ4v) is 2.24. The number of halogens is 5. The lowest BCUT2D eigenvalue weighted by atomic mass is 10.3. The van der Waals surface area contributed by atoms with Gasteiger partial charge in [-0.2, -0.15) is 0 Å². The van der Waals surface area contributed by atoms with Crippen molar-refractivity contribution in [2.45, 2.75) is 6.43 Å². The van der Waals surface area contributed by atoms with E-state index in [2.05, 4.69) is 36.8 Å². The van der Waals surface area contributed by atoms with Gasteiger partial charge < -0.3 is 0 Å². The molecule has 0 amide bonds. The van der Waals surface area contributed by atoms with Gasteiger partial charge in [0, 0.05) is 9.77 Å². The summed E-state index contributed by atoms with van der Waals surface area (Å²) in [6.45, 7) is 0. The van der Waals surface area contributed by atoms with Crippen LogP contribution in [0.15, 0.2) is 15.3 Å². The molecule has 1 heterocycles. The van der Waals surface area contributed by atoms with Crippen molar-refractivity contribution >= 4 is 54.5 Å². The van der Waals surface area contributed by atoms with Crippen molar-refractivity contribution < 1.29 is 8.78 Å². The largest absolute Gasteiger partial charge is 0.266 e. The Morgan fingerprint density at radius 1 is 1.42 bits per heavy atom. The molecule has 1 aromatic heterocycles. The Morgan fingerprint density at radius 2 is 2.00 bits per heavy atom. The van der Waals surface area contributed by atoms with Crippen LogP contribution in [0.5, 0.6) is 0 Å². The van der Waals surface area contributed by atoms with Gasteiger partial charge in [0.25, 0.3) is 6.43 Å². The van der Waals surface area contributed by atoms with Gasteiger partial charge in [-0.3, -0.25) is 0 Å². The van der Waals surface area contributed by atoms with Crippen LogP contribution in [0.2, 0.25) is 0 Å². The second-order valence-corrected chi connectivity index (χ2v) is 4.56. The predicted octanol–water partition coefficient (Wildman–Crippen LogP) is 4.15. The summed E-state index contributed by atoms with van der Waals surface area (Å²) in [4.78, 5) is 3.75. The molecule has 6 heteroatoms. The molecule has 1 rings (SSSR count). The minimum atomic E-state index is -2.48. The first-order chi connectivity index (χ1) is 5.54. The Bertz CT molecular complexity index is 306. The summed E-state index contributed by atoms with van der Waals surface area (Å²) < 4.78 is 26.1. The van der Waals surface area contributed by atoms with Crippen molar-refractivity contribution in [1.82, 2.24) is 4.98 Å². The second kappa shape index (κ2) is 4.28. The number of pyridine rings is 1. The van der Waals surface area contributed by atoms with Gasteiger partial charge in [0.1, 0.15) is 4.60 Å². The molecule has 0 fully saturated rings. The summed E-state index contributed by atoms with van der Waals surface area (Å²) in [6.07, 6.45) is -1.31. The molecule has 0 aromatic carbocycles. The number of hydrogen-bond donors (Lipinski definition) is 0. The van der Waals surface area contributed by atoms with Crippen LogP contribution in [-0.2, 0) is 0 Å². The van der Waals surface area contributed by atoms with Crippen LogP contribution in [0, 0.1) is 3.57 Å². The predicted molar refractivity (Wildman–Crippen MR) is 57.3 cm³/mol. The lowest BCUT2D eigenvalue weighted by Gasteiger charge is -2.05. The van der Waals surface area contributed by atoms with Crippen molar-refractivity contribution in [1.29, 1.82) is 0 Å². The van der Waals surface area contributed by atoms with Crippen molar-refractivity contribution in [3.8, 4) is 0 Å². The van der Waals surface area contributed by atoms with Crippen LogP contribution in [0.25, 0.3) is 0 Å². The fourth-order valence-electron chi connectivity index (χ4n) is 0.609. The third kappa shape index (κ3) is 2.14. The Morgan fingerprint density at radius 3 is 2.50 bits per heavy atom. The highest BCUT2D eigenvalue weighted by atomic mass is 127. The van der Waals surface area contributed by atoms with E-state index in [1.807, 2.05) is 22.6 Å². The van der Waals surface area contributed by atoms with Crippen LogP contribution in [-0.4, -0.2) is 4.98 Å². The molecule has 12 heavy (non-hydrogen) atoms. The zero-order chi connectivity index (χ0) is 9.30. The standard InChI is InChI=1S/C6H2Br2F2IN/c7-3-4(11)2(6(9)10)1-12-5(3)8/h1,6H. The summed E-state index contributed by atoms with van der Waals surface area (Å²) in [6, 6.07) is 0. The summed E-state index contributed by atoms with van der Waals surface area (Å²) in [7, 11) is 0. The van der Waals surface area contributed by atoms with E-state index in [-0.39, 0.29) is 5.56 Å². The summed E-state index contributed by atoms with van der Waals surface area (Å²) in [5, 5.41) is 0. The molecule has 0 spiro atoms. The van der Waals surface area contributed by atoms with Gasteiger partial charge >= 0.3 is 0 Å². The molecular weight excluding hydrogens is 411 g/mol. The first-order valence-electron chi connectivity index (χ1n) is 2.81. The van der Waals surface area contributed by atoms with E-state index in [4.69, 9.17) is 0 Å². The van der Waals surface area contributed by atoms with Crippen molar-refractivity contribution in [2.24, 2.45) is 0 Å². The molecule has 66 valence electrons. The van der Waals surface area contributed by atoms with Gasteiger partial charge in [0.15, 0.2) is 0 Å². The summed E-state index contributed by atoms with van der Waals surface area (Å²) in [5.41, 5.74) is -0.0503. The smallest absolute Gasteiger partial charge is 0.248 e. The quantitative estimate of drug-likeness (QED) is 0.499. The Kier molecular flexibility index (Phi) is 3.84. The Hall–Kier alpha value is 0.700. The topological polar surface area (TPSA) is 12.9 Å². The highest BCUT2D eigenvalue weighted by Crippen LogP contribution is 2.32. The molecule has 0 aliphatic rings. The maximum absolute atomic E-state index is 12.3. The molecule has 0 saturated carbocycles. The number of rotatable bonds is 1. The third-order valence-electron chi connectivity index (χ3n) is 1.18. The lowest BCUT2D eigenvalue weighted by molar-refractivity contribution is 0.150. The van der Waals surface area contributed by atoms with Crippen LogP contribution in [0.4, 0.5) is 8.78 Å². The number of alkyl halides is 2. The average Bonchev–Trinajstić information content (AvgIpc) is 2.00. The third-order valence-corrected chi connectivity index (χ3v) is 4.99. The van der Waals surface area contributed by atoms with Gasteiger partial charge in [0.2, 0.25) is 0 Å². The van der Waals surface area contributed by atoms with Crippen LogP contribution >= 0.6 is 54.5 Å². The maximum atomic E-state index is 12.3. The Labute approximate surface area is 98.3 Å². The van der Waals surface area contributed by atoms with Crippen molar-refractivity contribution in [2.75, 3.05) is 0 Å². The van der Waals surface area contributed by atoms with Gasteiger partial charge in [-0.05, 0) is 54.5 Å². The first kappa shape index (κ1) is 10.8. The monoisotopic (exact) mass is 411 g/mol. The van der Waals surface area contributed by atoms with E-state index >= 15 is 0 Å². The highest BCUT2D eigenvalue weighted by Gasteiger charge is 2.15. The highest BCUT2D eigenvalue weighted by molar-refractivity contribution is 14.1. The summed E-state index contributed by atoms with van der Waals surface area (Å²) >= 11 is 8.12. The molecule has 0 radical (unpaired) electrons. The lowest BCUT2D eigenvalue weighted by Crippen LogP contribution is -1.93. The molecule has 0 saturated heterocycles. The van der Waals surface area contributed by atoms with Gasteiger partial charge in [0.05, 0.1) is 10.0 Å². The van der Waals surface area contributed by atoms with Gasteiger partial charge in [-0.15, -0.1) is 0 Å². The zero-order valence-electron chi connectivity index (χ0n) is 5.49. The molecular formula is C6H2Br2F2IN. The van der Waals surface area contributed by atoms with E-state index < -0.39 is 6.43 Å². The number of nitrogens with zero attached hydrogens (tertiary/aromatic N) is 1. The van der Waals surface area contributed by atoms with Gasteiger partial charge in [-0.25, -0.2) is 13.8 Å². The van der Waals surface area contributed by atoms with Crippen LogP contribution in [0.1, 0.15) is 12.0 Å². The van der Waals surface area contributed by atoms with Crippen molar-refractivity contribution in [3.05, 3.63) is 24.4 Å². The van der Waals surface area contributed by atoms with Crippen LogP contribution in [0.3, 0.4) is 0 Å². The second-order valence-electron chi connectivity index (χ2n) is 1.93. The first-order valence-corrected chi connectivity index (χ1v) is 5.48. The van der Waals surface area contributed by atoms with Crippen molar-refractivity contribution in [3.63, 3.8) is 0 Å².